The number of furan rings is 1. The molecule has 0 amide bonds. The lowest BCUT2D eigenvalue weighted by atomic mass is 10.2. The molecule has 0 aliphatic rings. The minimum Gasteiger partial charge on any atom is -0.459 e. The molecule has 0 unspecified atom stereocenters. The van der Waals surface area contributed by atoms with Crippen molar-refractivity contribution in [2.75, 3.05) is 0 Å². The van der Waals surface area contributed by atoms with E-state index in [0.29, 0.717) is 15.6 Å². The SMILES string of the molecule is O=S(=O)(c1ccc(Cl)cc1)N(Cc1ccc(Cl)c(Cl)c1)Cc1ccc(C=Nc2ccc(Cl)c(C(F)(F)F)c2)o1. The summed E-state index contributed by atoms with van der Waals surface area (Å²) in [6, 6.07) is 16.8. The van der Waals surface area contributed by atoms with Crippen molar-refractivity contribution in [1.82, 2.24) is 4.31 Å². The van der Waals surface area contributed by atoms with Crippen LogP contribution in [0.5, 0.6) is 0 Å². The molecular formula is C26H17Cl4F3N2O3S. The molecule has 39 heavy (non-hydrogen) atoms. The molecule has 0 bridgehead atoms. The zero-order valence-electron chi connectivity index (χ0n) is 19.6. The molecule has 4 aromatic rings. The summed E-state index contributed by atoms with van der Waals surface area (Å²) in [6.45, 7) is -0.227. The molecule has 0 saturated heterocycles. The van der Waals surface area contributed by atoms with E-state index in [-0.39, 0.29) is 40.2 Å². The maximum absolute atomic E-state index is 13.5. The average molecular weight is 636 g/mol. The van der Waals surface area contributed by atoms with E-state index in [1.165, 1.54) is 46.9 Å². The number of halogens is 7. The Hall–Kier alpha value is -2.53. The highest BCUT2D eigenvalue weighted by molar-refractivity contribution is 7.89. The fraction of sp³-hybridized carbons (Fsp3) is 0.115. The molecule has 0 N–H and O–H groups in total. The van der Waals surface area contributed by atoms with E-state index in [1.54, 1.807) is 24.3 Å². The van der Waals surface area contributed by atoms with Crippen LogP contribution in [0.1, 0.15) is 22.6 Å². The second-order valence-corrected chi connectivity index (χ2v) is 11.8. The van der Waals surface area contributed by atoms with E-state index in [1.807, 2.05) is 0 Å². The molecule has 4 rings (SSSR count). The van der Waals surface area contributed by atoms with Gasteiger partial charge in [0.1, 0.15) is 11.5 Å². The van der Waals surface area contributed by atoms with Gasteiger partial charge in [-0.15, -0.1) is 0 Å². The van der Waals surface area contributed by atoms with Gasteiger partial charge in [0, 0.05) is 11.6 Å². The fourth-order valence-electron chi connectivity index (χ4n) is 3.49. The Morgan fingerprint density at radius 2 is 1.51 bits per heavy atom. The van der Waals surface area contributed by atoms with Crippen molar-refractivity contribution in [3.63, 3.8) is 0 Å². The van der Waals surface area contributed by atoms with Crippen LogP contribution < -0.4 is 0 Å². The summed E-state index contributed by atoms with van der Waals surface area (Å²) >= 11 is 23.7. The number of hydrogen-bond acceptors (Lipinski definition) is 4. The fourth-order valence-corrected chi connectivity index (χ4v) is 5.56. The van der Waals surface area contributed by atoms with E-state index < -0.39 is 26.8 Å². The largest absolute Gasteiger partial charge is 0.459 e. The zero-order valence-corrected chi connectivity index (χ0v) is 23.4. The monoisotopic (exact) mass is 634 g/mol. The van der Waals surface area contributed by atoms with Crippen LogP contribution in [0.2, 0.25) is 20.1 Å². The second-order valence-electron chi connectivity index (χ2n) is 8.20. The standard InChI is InChI=1S/C26H17Cl4F3N2O3S/c27-17-2-7-21(8-3-17)39(36,37)35(14-16-1-9-24(29)25(30)11-16)15-20-6-5-19(38-20)13-34-18-4-10-23(28)22(12-18)26(31,32)33/h1-13H,14-15H2. The topological polar surface area (TPSA) is 62.9 Å². The molecule has 204 valence electrons. The third-order valence-electron chi connectivity index (χ3n) is 5.41. The third-order valence-corrected chi connectivity index (χ3v) is 8.53. The number of benzene rings is 3. The Morgan fingerprint density at radius 1 is 0.821 bits per heavy atom. The Bertz CT molecular complexity index is 1620. The normalized spacial score (nSPS) is 12.5. The Balaban J connectivity index is 1.60. The quantitative estimate of drug-likeness (QED) is 0.181. The number of aliphatic imine (C=N–C) groups is 1. The van der Waals surface area contributed by atoms with E-state index in [0.717, 1.165) is 12.1 Å². The Kier molecular flexibility index (Phi) is 9.00. The number of alkyl halides is 3. The number of sulfonamides is 1. The van der Waals surface area contributed by atoms with Crippen LogP contribution in [0.25, 0.3) is 0 Å². The average Bonchev–Trinajstić information content (AvgIpc) is 3.32. The van der Waals surface area contributed by atoms with Gasteiger partial charge in [0.25, 0.3) is 0 Å². The lowest BCUT2D eigenvalue weighted by Gasteiger charge is -2.22. The highest BCUT2D eigenvalue weighted by atomic mass is 35.5. The van der Waals surface area contributed by atoms with E-state index in [4.69, 9.17) is 50.8 Å². The van der Waals surface area contributed by atoms with Gasteiger partial charge in [-0.2, -0.15) is 17.5 Å². The molecule has 0 fully saturated rings. The summed E-state index contributed by atoms with van der Waals surface area (Å²) in [5.74, 6) is 0.466. The van der Waals surface area contributed by atoms with Gasteiger partial charge in [-0.05, 0) is 72.3 Å². The van der Waals surface area contributed by atoms with E-state index >= 15 is 0 Å². The van der Waals surface area contributed by atoms with Crippen LogP contribution in [-0.2, 0) is 29.3 Å². The maximum atomic E-state index is 13.5. The van der Waals surface area contributed by atoms with Gasteiger partial charge in [-0.3, -0.25) is 4.99 Å². The zero-order chi connectivity index (χ0) is 28.4. The van der Waals surface area contributed by atoms with Crippen LogP contribution in [0, 0.1) is 0 Å². The minimum atomic E-state index is -4.63. The summed E-state index contributed by atoms with van der Waals surface area (Å²) in [4.78, 5) is 4.04. The third kappa shape index (κ3) is 7.36. The molecule has 3 aromatic carbocycles. The number of rotatable bonds is 8. The first-order chi connectivity index (χ1) is 18.3. The molecule has 0 spiro atoms. The summed E-state index contributed by atoms with van der Waals surface area (Å²) in [7, 11) is -4.02. The molecular weight excluding hydrogens is 619 g/mol. The lowest BCUT2D eigenvalue weighted by molar-refractivity contribution is -0.137. The summed E-state index contributed by atoms with van der Waals surface area (Å²) in [6.07, 6.45) is -3.41. The lowest BCUT2D eigenvalue weighted by Crippen LogP contribution is -2.30. The van der Waals surface area contributed by atoms with Gasteiger partial charge in [-0.1, -0.05) is 52.5 Å². The summed E-state index contributed by atoms with van der Waals surface area (Å²) in [5.41, 5.74) is -0.418. The van der Waals surface area contributed by atoms with E-state index in [9.17, 15) is 21.6 Å². The molecule has 0 radical (unpaired) electrons. The van der Waals surface area contributed by atoms with Crippen molar-refractivity contribution in [3.8, 4) is 0 Å². The predicted molar refractivity (Wildman–Crippen MR) is 147 cm³/mol. The van der Waals surface area contributed by atoms with Crippen molar-refractivity contribution in [3.05, 3.63) is 116 Å². The van der Waals surface area contributed by atoms with Gasteiger partial charge >= 0.3 is 6.18 Å². The molecule has 0 aliphatic carbocycles. The number of nitrogens with zero attached hydrogens (tertiary/aromatic N) is 2. The van der Waals surface area contributed by atoms with E-state index in [2.05, 4.69) is 4.99 Å². The molecule has 1 aromatic heterocycles. The first-order valence-corrected chi connectivity index (χ1v) is 14.0. The predicted octanol–water partition coefficient (Wildman–Crippen LogP) is 9.05. The summed E-state index contributed by atoms with van der Waals surface area (Å²) in [5, 5.41) is 0.532. The first kappa shape index (κ1) is 29.5. The second kappa shape index (κ2) is 11.9. The Morgan fingerprint density at radius 3 is 2.18 bits per heavy atom. The van der Waals surface area contributed by atoms with Crippen molar-refractivity contribution in [1.29, 1.82) is 0 Å². The van der Waals surface area contributed by atoms with Crippen molar-refractivity contribution in [2.24, 2.45) is 4.99 Å². The molecule has 0 aliphatic heterocycles. The minimum absolute atomic E-state index is 0.0104. The number of hydrogen-bond donors (Lipinski definition) is 0. The smallest absolute Gasteiger partial charge is 0.417 e. The van der Waals surface area contributed by atoms with Gasteiger partial charge in [0.05, 0.1) is 44.0 Å². The van der Waals surface area contributed by atoms with Crippen molar-refractivity contribution >= 4 is 68.3 Å². The van der Waals surface area contributed by atoms with Gasteiger partial charge < -0.3 is 4.42 Å². The Labute approximate surface area is 242 Å². The first-order valence-electron chi connectivity index (χ1n) is 11.0. The van der Waals surface area contributed by atoms with Crippen molar-refractivity contribution < 1.29 is 26.0 Å². The molecule has 0 saturated carbocycles. The summed E-state index contributed by atoms with van der Waals surface area (Å²) < 4.78 is 73.3. The highest BCUT2D eigenvalue weighted by Crippen LogP contribution is 2.37. The molecule has 13 heteroatoms. The van der Waals surface area contributed by atoms with Crippen LogP contribution >= 0.6 is 46.4 Å². The van der Waals surface area contributed by atoms with Gasteiger partial charge in [-0.25, -0.2) is 8.42 Å². The molecule has 0 atom stereocenters. The van der Waals surface area contributed by atoms with Gasteiger partial charge in [0.2, 0.25) is 10.0 Å². The highest BCUT2D eigenvalue weighted by Gasteiger charge is 2.33. The van der Waals surface area contributed by atoms with Crippen LogP contribution in [0.4, 0.5) is 18.9 Å². The molecule has 1 heterocycles. The van der Waals surface area contributed by atoms with Gasteiger partial charge in [0.15, 0.2) is 0 Å². The molecule has 5 nitrogen and oxygen atoms in total. The van der Waals surface area contributed by atoms with Crippen LogP contribution in [0.15, 0.2) is 87.1 Å². The van der Waals surface area contributed by atoms with Crippen LogP contribution in [-0.4, -0.2) is 18.9 Å². The maximum Gasteiger partial charge on any atom is 0.417 e. The van der Waals surface area contributed by atoms with Crippen molar-refractivity contribution in [2.45, 2.75) is 24.2 Å². The van der Waals surface area contributed by atoms with Crippen LogP contribution in [0.3, 0.4) is 0 Å².